The molecular weight excluding hydrogens is 541 g/mol. The maximum absolute atomic E-state index is 12.1. The van der Waals surface area contributed by atoms with E-state index in [-0.39, 0.29) is 51.5 Å². The number of benzene rings is 4. The van der Waals surface area contributed by atoms with Crippen molar-refractivity contribution in [3.63, 3.8) is 0 Å². The van der Waals surface area contributed by atoms with Crippen molar-refractivity contribution in [3.8, 4) is 11.5 Å². The Hall–Kier alpha value is -4.06. The third-order valence-corrected chi connectivity index (χ3v) is 6.97. The summed E-state index contributed by atoms with van der Waals surface area (Å²) in [5.41, 5.74) is 3.88. The number of ether oxygens (including phenoxy) is 3. The van der Waals surface area contributed by atoms with E-state index in [0.717, 1.165) is 39.3 Å². The number of aliphatic carboxylic acids is 1. The van der Waals surface area contributed by atoms with Crippen molar-refractivity contribution in [2.45, 2.75) is 38.2 Å². The van der Waals surface area contributed by atoms with E-state index in [1.54, 1.807) is 20.3 Å². The van der Waals surface area contributed by atoms with Crippen LogP contribution in [0.1, 0.15) is 46.2 Å². The molecule has 1 amide bonds. The number of carboxylic acids is 1. The van der Waals surface area contributed by atoms with E-state index in [4.69, 9.17) is 14.2 Å². The molecule has 218 valence electrons. The van der Waals surface area contributed by atoms with Gasteiger partial charge in [0.15, 0.2) is 0 Å². The molecule has 8 nitrogen and oxygen atoms in total. The average molecular weight is 576 g/mol. The minimum atomic E-state index is -1.28. The number of methoxy groups -OCH3 is 2. The Morgan fingerprint density at radius 1 is 0.744 bits per heavy atom. The molecule has 2 N–H and O–H groups in total. The molecule has 4 aromatic rings. The van der Waals surface area contributed by atoms with Crippen LogP contribution >= 0.6 is 0 Å². The normalized spacial score (nSPS) is 10.9. The van der Waals surface area contributed by atoms with Crippen LogP contribution in [0, 0.1) is 0 Å². The van der Waals surface area contributed by atoms with E-state index >= 15 is 0 Å². The molecule has 0 bridgehead atoms. The summed E-state index contributed by atoms with van der Waals surface area (Å²) < 4.78 is 17.8. The second kappa shape index (κ2) is 16.0. The van der Waals surface area contributed by atoms with Crippen LogP contribution in [-0.2, 0) is 39.7 Å². The van der Waals surface area contributed by atoms with E-state index in [9.17, 15) is 19.8 Å². The number of rotatable bonds is 14. The fourth-order valence-corrected chi connectivity index (χ4v) is 4.89. The van der Waals surface area contributed by atoms with E-state index in [0.29, 0.717) is 5.56 Å². The van der Waals surface area contributed by atoms with Crippen LogP contribution in [0.15, 0.2) is 97.1 Å². The molecule has 0 radical (unpaired) electrons. The van der Waals surface area contributed by atoms with Crippen molar-refractivity contribution >= 4 is 11.9 Å². The number of carboxylic acid groups (broad SMARTS) is 1. The Bertz CT molecular complexity index is 1430. The molecule has 0 aliphatic heterocycles. The first kappa shape index (κ1) is 33.4. The number of amides is 1. The first-order valence-corrected chi connectivity index (χ1v) is 13.6. The number of aliphatic hydroxyl groups is 1. The Morgan fingerprint density at radius 2 is 1.26 bits per heavy atom. The van der Waals surface area contributed by atoms with Crippen molar-refractivity contribution in [1.82, 2.24) is 5.32 Å². The predicted octanol–water partition coefficient (Wildman–Crippen LogP) is 0.855. The van der Waals surface area contributed by atoms with Crippen molar-refractivity contribution in [3.05, 3.63) is 130 Å². The van der Waals surface area contributed by atoms with Gasteiger partial charge in [-0.05, 0) is 64.1 Å². The first-order chi connectivity index (χ1) is 20.4. The SMILES string of the molecule is COc1ccc(C(OCc2cc(CO)cc(CNC(=O)CCC(=O)[O-])c2)(c2ccccc2)c2ccc(OC)cc2)cc1.[Li+]. The summed E-state index contributed by atoms with van der Waals surface area (Å²) in [4.78, 5) is 22.8. The van der Waals surface area contributed by atoms with Gasteiger partial charge in [0.1, 0.15) is 17.1 Å². The van der Waals surface area contributed by atoms with Gasteiger partial charge in [-0.2, -0.15) is 0 Å². The summed E-state index contributed by atoms with van der Waals surface area (Å²) >= 11 is 0. The van der Waals surface area contributed by atoms with Crippen LogP contribution in [0.25, 0.3) is 0 Å². The van der Waals surface area contributed by atoms with Gasteiger partial charge in [0.05, 0.1) is 27.4 Å². The largest absolute Gasteiger partial charge is 1.00 e. The molecule has 4 rings (SSSR count). The standard InChI is InChI=1S/C34H35NO7.Li/c1-40-30-12-8-28(9-13-30)34(27-6-4-3-5-7-27,29-10-14-31(41-2)15-11-29)42-23-26-19-24(18-25(20-26)22-36)21-35-32(37)16-17-33(38)39;/h3-15,18-20,36H,16-17,21-23H2,1-2H3,(H,35,37)(H,38,39);/q;+1/p-1. The molecule has 0 spiro atoms. The third kappa shape index (κ3) is 8.50. The van der Waals surface area contributed by atoms with Crippen molar-refractivity contribution in [1.29, 1.82) is 0 Å². The van der Waals surface area contributed by atoms with Crippen LogP contribution < -0.4 is 38.8 Å². The van der Waals surface area contributed by atoms with E-state index < -0.39 is 17.5 Å². The zero-order valence-corrected chi connectivity index (χ0v) is 24.7. The third-order valence-electron chi connectivity index (χ3n) is 6.97. The number of aliphatic hydroxyl groups excluding tert-OH is 1. The molecule has 0 aromatic heterocycles. The first-order valence-electron chi connectivity index (χ1n) is 13.6. The fourth-order valence-electron chi connectivity index (χ4n) is 4.89. The topological polar surface area (TPSA) is 117 Å². The Labute approximate surface area is 263 Å². The molecule has 0 aliphatic rings. The number of carbonyl (C=O) groups is 2. The smallest absolute Gasteiger partial charge is 0.550 e. The number of nitrogens with one attached hydrogen (secondary N) is 1. The Morgan fingerprint density at radius 3 is 1.77 bits per heavy atom. The summed E-state index contributed by atoms with van der Waals surface area (Å²) in [6, 6.07) is 31.0. The van der Waals surface area contributed by atoms with Crippen LogP contribution in [-0.4, -0.2) is 31.2 Å². The van der Waals surface area contributed by atoms with Crippen molar-refractivity contribution in [2.24, 2.45) is 0 Å². The van der Waals surface area contributed by atoms with Crippen LogP contribution in [0.4, 0.5) is 0 Å². The summed E-state index contributed by atoms with van der Waals surface area (Å²) in [5, 5.41) is 23.4. The molecule has 0 fully saturated rings. The zero-order valence-electron chi connectivity index (χ0n) is 24.7. The molecule has 0 saturated heterocycles. The second-order valence-corrected chi connectivity index (χ2v) is 9.76. The maximum atomic E-state index is 12.1. The van der Waals surface area contributed by atoms with E-state index in [2.05, 4.69) is 5.32 Å². The molecule has 9 heteroatoms. The maximum Gasteiger partial charge on any atom is 1.00 e. The molecule has 0 heterocycles. The Kier molecular flexibility index (Phi) is 12.4. The summed E-state index contributed by atoms with van der Waals surface area (Å²) in [6.45, 7) is 0.153. The second-order valence-electron chi connectivity index (χ2n) is 9.76. The monoisotopic (exact) mass is 575 g/mol. The summed E-state index contributed by atoms with van der Waals surface area (Å²) in [7, 11) is 3.24. The molecular formula is C34H34LiNO7. The van der Waals surface area contributed by atoms with Gasteiger partial charge in [-0.3, -0.25) is 4.79 Å². The van der Waals surface area contributed by atoms with Gasteiger partial charge in [0, 0.05) is 18.9 Å². The molecule has 4 aromatic carbocycles. The minimum absolute atomic E-state index is 0. The molecule has 0 unspecified atom stereocenters. The van der Waals surface area contributed by atoms with Crippen LogP contribution in [0.2, 0.25) is 0 Å². The van der Waals surface area contributed by atoms with Crippen molar-refractivity contribution in [2.75, 3.05) is 14.2 Å². The van der Waals surface area contributed by atoms with Gasteiger partial charge in [-0.1, -0.05) is 72.8 Å². The van der Waals surface area contributed by atoms with Gasteiger partial charge in [0.25, 0.3) is 0 Å². The molecule has 0 saturated carbocycles. The predicted molar refractivity (Wildman–Crippen MR) is 156 cm³/mol. The summed E-state index contributed by atoms with van der Waals surface area (Å²) in [5.74, 6) is -0.231. The number of hydrogen-bond acceptors (Lipinski definition) is 7. The van der Waals surface area contributed by atoms with E-state index in [1.807, 2.05) is 91.0 Å². The number of hydrogen-bond donors (Lipinski definition) is 2. The Balaban J connectivity index is 0.00000506. The molecule has 43 heavy (non-hydrogen) atoms. The van der Waals surface area contributed by atoms with Crippen LogP contribution in [0.3, 0.4) is 0 Å². The van der Waals surface area contributed by atoms with Gasteiger partial charge in [-0.15, -0.1) is 0 Å². The average Bonchev–Trinajstić information content (AvgIpc) is 3.04. The van der Waals surface area contributed by atoms with Gasteiger partial charge < -0.3 is 34.5 Å². The van der Waals surface area contributed by atoms with Gasteiger partial charge in [-0.25, -0.2) is 0 Å². The molecule has 0 aliphatic carbocycles. The van der Waals surface area contributed by atoms with Gasteiger partial charge in [0.2, 0.25) is 5.91 Å². The minimum Gasteiger partial charge on any atom is -0.550 e. The zero-order chi connectivity index (χ0) is 30.0. The fraction of sp³-hybridized carbons (Fsp3) is 0.235. The number of carbonyl (C=O) groups excluding carboxylic acids is 2. The van der Waals surface area contributed by atoms with Gasteiger partial charge >= 0.3 is 18.9 Å². The quantitative estimate of drug-likeness (QED) is 0.169. The molecule has 0 atom stereocenters. The van der Waals surface area contributed by atoms with Crippen molar-refractivity contribution < 1.29 is 52.9 Å². The van der Waals surface area contributed by atoms with E-state index in [1.165, 1.54) is 0 Å². The van der Waals surface area contributed by atoms with Crippen LogP contribution in [0.5, 0.6) is 11.5 Å². The summed E-state index contributed by atoms with van der Waals surface area (Å²) in [6.07, 6.45) is -0.513.